The van der Waals surface area contributed by atoms with Crippen molar-refractivity contribution in [2.45, 2.75) is 19.4 Å². The number of rotatable bonds is 5. The van der Waals surface area contributed by atoms with Crippen LogP contribution in [0.25, 0.3) is 0 Å². The average Bonchev–Trinajstić information content (AvgIpc) is 2.19. The Bertz CT molecular complexity index is 307. The van der Waals surface area contributed by atoms with E-state index in [0.717, 1.165) is 17.4 Å². The quantitative estimate of drug-likeness (QED) is 0.725. The van der Waals surface area contributed by atoms with E-state index < -0.39 is 0 Å². The second-order valence-corrected chi connectivity index (χ2v) is 3.10. The van der Waals surface area contributed by atoms with E-state index in [0.29, 0.717) is 19.4 Å². The first-order chi connectivity index (χ1) is 6.77. The molecule has 0 spiro atoms. The lowest BCUT2D eigenvalue weighted by Gasteiger charge is -2.05. The minimum Gasteiger partial charge on any atom is -0.508 e. The van der Waals surface area contributed by atoms with Crippen LogP contribution < -0.4 is 0 Å². The first kappa shape index (κ1) is 10.7. The molecule has 0 aliphatic rings. The Kier molecular flexibility index (Phi) is 4.13. The van der Waals surface area contributed by atoms with Crippen LogP contribution in [0.3, 0.4) is 0 Å². The Balaban J connectivity index is 2.72. The van der Waals surface area contributed by atoms with E-state index in [4.69, 9.17) is 4.74 Å². The Morgan fingerprint density at radius 3 is 2.86 bits per heavy atom. The molecule has 3 nitrogen and oxygen atoms in total. The summed E-state index contributed by atoms with van der Waals surface area (Å²) >= 11 is 0. The molecule has 0 unspecified atom stereocenters. The van der Waals surface area contributed by atoms with Crippen molar-refractivity contribution in [2.75, 3.05) is 7.11 Å². The first-order valence-electron chi connectivity index (χ1n) is 4.51. The van der Waals surface area contributed by atoms with Crippen LogP contribution in [0.1, 0.15) is 17.5 Å². The lowest BCUT2D eigenvalue weighted by atomic mass is 10.1. The highest BCUT2D eigenvalue weighted by Gasteiger charge is 2.01. The molecule has 1 aromatic carbocycles. The molecule has 0 aliphatic carbocycles. The highest BCUT2D eigenvalue weighted by atomic mass is 16.5. The van der Waals surface area contributed by atoms with Gasteiger partial charge in [0.25, 0.3) is 0 Å². The summed E-state index contributed by atoms with van der Waals surface area (Å²) in [6.45, 7) is 0.403. The van der Waals surface area contributed by atoms with Gasteiger partial charge in [-0.25, -0.2) is 0 Å². The predicted octanol–water partition coefficient (Wildman–Crippen LogP) is 1.67. The maximum atomic E-state index is 10.2. The van der Waals surface area contributed by atoms with Crippen LogP contribution in [0, 0.1) is 0 Å². The van der Waals surface area contributed by atoms with Crippen molar-refractivity contribution < 1.29 is 14.6 Å². The third-order valence-electron chi connectivity index (χ3n) is 2.00. The number of hydrogen-bond acceptors (Lipinski definition) is 3. The van der Waals surface area contributed by atoms with Crippen LogP contribution in [0.4, 0.5) is 0 Å². The summed E-state index contributed by atoms with van der Waals surface area (Å²) in [6.07, 6.45) is 2.04. The van der Waals surface area contributed by atoms with E-state index in [2.05, 4.69) is 0 Å². The minimum atomic E-state index is 0.232. The molecule has 1 N–H and O–H groups in total. The van der Waals surface area contributed by atoms with Gasteiger partial charge in [-0.3, -0.25) is 0 Å². The predicted molar refractivity (Wildman–Crippen MR) is 53.2 cm³/mol. The van der Waals surface area contributed by atoms with Gasteiger partial charge in [0.15, 0.2) is 0 Å². The van der Waals surface area contributed by atoms with Crippen molar-refractivity contribution in [1.82, 2.24) is 0 Å². The Labute approximate surface area is 83.3 Å². The van der Waals surface area contributed by atoms with Gasteiger partial charge in [0.05, 0.1) is 6.61 Å². The van der Waals surface area contributed by atoms with Crippen molar-refractivity contribution in [1.29, 1.82) is 0 Å². The van der Waals surface area contributed by atoms with E-state index in [9.17, 15) is 9.90 Å². The summed E-state index contributed by atoms with van der Waals surface area (Å²) in [7, 11) is 1.58. The van der Waals surface area contributed by atoms with Crippen LogP contribution in [0.2, 0.25) is 0 Å². The number of benzene rings is 1. The molecule has 0 amide bonds. The van der Waals surface area contributed by atoms with Gasteiger partial charge in [-0.15, -0.1) is 0 Å². The maximum absolute atomic E-state index is 10.2. The molecule has 0 fully saturated rings. The molecule has 0 radical (unpaired) electrons. The standard InChI is InChI=1S/C11H14O3/c1-14-8-10-5-4-9(3-2-6-12)7-11(10)13/h4-7,13H,2-3,8H2,1H3. The van der Waals surface area contributed by atoms with Crippen molar-refractivity contribution in [3.8, 4) is 5.75 Å². The van der Waals surface area contributed by atoms with Crippen LogP contribution in [-0.4, -0.2) is 18.5 Å². The van der Waals surface area contributed by atoms with E-state index in [1.54, 1.807) is 13.2 Å². The smallest absolute Gasteiger partial charge is 0.121 e. The number of carbonyl (C=O) groups is 1. The Morgan fingerprint density at radius 2 is 2.29 bits per heavy atom. The molecule has 14 heavy (non-hydrogen) atoms. The molecule has 1 aromatic rings. The van der Waals surface area contributed by atoms with E-state index in [-0.39, 0.29) is 5.75 Å². The highest BCUT2D eigenvalue weighted by molar-refractivity contribution is 5.50. The number of ether oxygens (including phenoxy) is 1. The Morgan fingerprint density at radius 1 is 1.50 bits per heavy atom. The third-order valence-corrected chi connectivity index (χ3v) is 2.00. The zero-order valence-corrected chi connectivity index (χ0v) is 8.19. The zero-order chi connectivity index (χ0) is 10.4. The molecular formula is C11H14O3. The Hall–Kier alpha value is -1.35. The van der Waals surface area contributed by atoms with Crippen LogP contribution >= 0.6 is 0 Å². The minimum absolute atomic E-state index is 0.232. The van der Waals surface area contributed by atoms with Crippen LogP contribution in [0.5, 0.6) is 5.75 Å². The summed E-state index contributed by atoms with van der Waals surface area (Å²) in [4.78, 5) is 10.2. The summed E-state index contributed by atoms with van der Waals surface area (Å²) in [5.74, 6) is 0.232. The van der Waals surface area contributed by atoms with Gasteiger partial charge in [0.1, 0.15) is 12.0 Å². The van der Waals surface area contributed by atoms with Crippen molar-refractivity contribution in [3.05, 3.63) is 29.3 Å². The number of aromatic hydroxyl groups is 1. The number of aldehydes is 1. The molecule has 0 heterocycles. The number of carbonyl (C=O) groups excluding carboxylic acids is 1. The molecule has 0 saturated heterocycles. The molecule has 1 rings (SSSR count). The van der Waals surface area contributed by atoms with Gasteiger partial charge >= 0.3 is 0 Å². The van der Waals surface area contributed by atoms with E-state index >= 15 is 0 Å². The lowest BCUT2D eigenvalue weighted by Crippen LogP contribution is -1.91. The number of methoxy groups -OCH3 is 1. The summed E-state index contributed by atoms with van der Waals surface area (Å²) < 4.78 is 4.91. The zero-order valence-electron chi connectivity index (χ0n) is 8.19. The van der Waals surface area contributed by atoms with Gasteiger partial charge in [0, 0.05) is 19.1 Å². The lowest BCUT2D eigenvalue weighted by molar-refractivity contribution is -0.107. The monoisotopic (exact) mass is 194 g/mol. The van der Waals surface area contributed by atoms with Gasteiger partial charge in [0.2, 0.25) is 0 Å². The number of phenols is 1. The molecule has 76 valence electrons. The SMILES string of the molecule is COCc1ccc(CCC=O)cc1O. The normalized spacial score (nSPS) is 10.1. The second kappa shape index (κ2) is 5.40. The van der Waals surface area contributed by atoms with Crippen molar-refractivity contribution in [3.63, 3.8) is 0 Å². The van der Waals surface area contributed by atoms with Gasteiger partial charge in [-0.1, -0.05) is 12.1 Å². The molecule has 0 saturated carbocycles. The highest BCUT2D eigenvalue weighted by Crippen LogP contribution is 2.20. The van der Waals surface area contributed by atoms with E-state index in [1.807, 2.05) is 12.1 Å². The number of hydrogen-bond donors (Lipinski definition) is 1. The number of aryl methyl sites for hydroxylation is 1. The molecule has 0 aliphatic heterocycles. The fourth-order valence-electron chi connectivity index (χ4n) is 1.27. The fourth-order valence-corrected chi connectivity index (χ4v) is 1.27. The molecule has 0 atom stereocenters. The topological polar surface area (TPSA) is 46.5 Å². The summed E-state index contributed by atoms with van der Waals surface area (Å²) in [5, 5.41) is 9.55. The van der Waals surface area contributed by atoms with Crippen molar-refractivity contribution in [2.24, 2.45) is 0 Å². The van der Waals surface area contributed by atoms with Gasteiger partial charge in [-0.05, 0) is 18.1 Å². The van der Waals surface area contributed by atoms with Gasteiger partial charge < -0.3 is 14.6 Å². The largest absolute Gasteiger partial charge is 0.508 e. The van der Waals surface area contributed by atoms with Crippen LogP contribution in [0.15, 0.2) is 18.2 Å². The van der Waals surface area contributed by atoms with Crippen molar-refractivity contribution >= 4 is 6.29 Å². The van der Waals surface area contributed by atoms with Gasteiger partial charge in [-0.2, -0.15) is 0 Å². The first-order valence-corrected chi connectivity index (χ1v) is 4.51. The number of phenolic OH excluding ortho intramolecular Hbond substituents is 1. The summed E-state index contributed by atoms with van der Waals surface area (Å²) in [5.41, 5.74) is 1.73. The summed E-state index contributed by atoms with van der Waals surface area (Å²) in [6, 6.07) is 5.40. The third kappa shape index (κ3) is 2.85. The maximum Gasteiger partial charge on any atom is 0.121 e. The molecular weight excluding hydrogens is 180 g/mol. The molecule has 3 heteroatoms. The average molecular weight is 194 g/mol. The van der Waals surface area contributed by atoms with E-state index in [1.165, 1.54) is 0 Å². The van der Waals surface area contributed by atoms with Crippen LogP contribution in [-0.2, 0) is 22.6 Å². The fraction of sp³-hybridized carbons (Fsp3) is 0.364. The second-order valence-electron chi connectivity index (χ2n) is 3.10. The molecule has 0 bridgehead atoms. The molecule has 0 aromatic heterocycles.